The van der Waals surface area contributed by atoms with Gasteiger partial charge in [-0.3, -0.25) is 0 Å². The summed E-state index contributed by atoms with van der Waals surface area (Å²) < 4.78 is 43.6. The number of hydrogen-bond donors (Lipinski definition) is 1. The van der Waals surface area contributed by atoms with E-state index in [-0.39, 0.29) is 16.4 Å². The number of nitrogens with zero attached hydrogens (tertiary/aromatic N) is 1. The van der Waals surface area contributed by atoms with E-state index in [4.69, 9.17) is 4.42 Å². The molecule has 1 N–H and O–H groups in total. The van der Waals surface area contributed by atoms with Crippen LogP contribution < -0.4 is 5.32 Å². The fourth-order valence-electron chi connectivity index (χ4n) is 1.54. The van der Waals surface area contributed by atoms with Gasteiger partial charge in [-0.2, -0.15) is 13.2 Å². The maximum absolute atomic E-state index is 12.8. The first-order valence-electron chi connectivity index (χ1n) is 5.19. The average molecular weight is 276 g/mol. The highest BCUT2D eigenvalue weighted by atomic mass is 32.1. The molecule has 0 aliphatic heterocycles. The minimum absolute atomic E-state index is 0.131. The van der Waals surface area contributed by atoms with Crippen LogP contribution >= 0.6 is 11.3 Å². The van der Waals surface area contributed by atoms with E-state index in [1.807, 2.05) is 0 Å². The summed E-state index contributed by atoms with van der Waals surface area (Å²) in [6, 6.07) is 1.70. The van der Waals surface area contributed by atoms with E-state index in [9.17, 15) is 13.2 Å². The highest BCUT2D eigenvalue weighted by molar-refractivity contribution is 7.15. The lowest BCUT2D eigenvalue weighted by atomic mass is 10.3. The van der Waals surface area contributed by atoms with Gasteiger partial charge in [0, 0.05) is 6.54 Å². The predicted octanol–water partition coefficient (Wildman–Crippen LogP) is 3.45. The number of halogens is 3. The number of aromatic nitrogens is 1. The lowest BCUT2D eigenvalue weighted by Gasteiger charge is -2.04. The van der Waals surface area contributed by atoms with Gasteiger partial charge < -0.3 is 9.73 Å². The van der Waals surface area contributed by atoms with Crippen molar-refractivity contribution in [3.8, 4) is 10.8 Å². The molecule has 2 heterocycles. The van der Waals surface area contributed by atoms with Crippen LogP contribution in [0.4, 0.5) is 13.2 Å². The molecule has 0 unspecified atom stereocenters. The number of aryl methyl sites for hydroxylation is 1. The minimum atomic E-state index is -4.44. The monoisotopic (exact) mass is 276 g/mol. The zero-order chi connectivity index (χ0) is 13.3. The molecular formula is C11H11F3N2OS. The van der Waals surface area contributed by atoms with Crippen LogP contribution in [0.1, 0.15) is 16.1 Å². The molecule has 3 nitrogen and oxygen atoms in total. The number of alkyl halides is 3. The third-order valence-corrected chi connectivity index (χ3v) is 3.41. The smallest absolute Gasteiger partial charge is 0.434 e. The Balaban J connectivity index is 2.49. The van der Waals surface area contributed by atoms with Crippen molar-refractivity contribution in [1.29, 1.82) is 0 Å². The molecule has 0 aliphatic rings. The van der Waals surface area contributed by atoms with E-state index in [1.165, 1.54) is 6.26 Å². The first-order valence-corrected chi connectivity index (χ1v) is 6.01. The molecule has 18 heavy (non-hydrogen) atoms. The van der Waals surface area contributed by atoms with Crippen molar-refractivity contribution >= 4 is 11.3 Å². The fourth-order valence-corrected chi connectivity index (χ4v) is 2.69. The molecule has 0 aromatic carbocycles. The van der Waals surface area contributed by atoms with Crippen molar-refractivity contribution in [2.75, 3.05) is 7.05 Å². The van der Waals surface area contributed by atoms with E-state index >= 15 is 0 Å². The zero-order valence-electron chi connectivity index (χ0n) is 9.76. The largest absolute Gasteiger partial charge is 0.462 e. The van der Waals surface area contributed by atoms with Crippen molar-refractivity contribution < 1.29 is 17.6 Å². The second kappa shape index (κ2) is 4.74. The van der Waals surface area contributed by atoms with Gasteiger partial charge in [0.1, 0.15) is 0 Å². The number of nitrogens with one attached hydrogen (secondary N) is 1. The maximum Gasteiger partial charge on any atom is 0.434 e. The van der Waals surface area contributed by atoms with Crippen molar-refractivity contribution in [3.05, 3.63) is 28.5 Å². The number of thiazole rings is 1. The number of furan rings is 1. The van der Waals surface area contributed by atoms with Gasteiger partial charge in [-0.25, -0.2) is 4.98 Å². The van der Waals surface area contributed by atoms with Gasteiger partial charge in [0.2, 0.25) is 0 Å². The van der Waals surface area contributed by atoms with Crippen LogP contribution in [0.25, 0.3) is 10.8 Å². The van der Waals surface area contributed by atoms with Crippen LogP contribution in [0.2, 0.25) is 0 Å². The van der Waals surface area contributed by atoms with E-state index < -0.39 is 11.9 Å². The molecule has 7 heteroatoms. The lowest BCUT2D eigenvalue weighted by molar-refractivity contribution is -0.141. The summed E-state index contributed by atoms with van der Waals surface area (Å²) in [6.07, 6.45) is -3.00. The van der Waals surface area contributed by atoms with Crippen LogP contribution in [-0.2, 0) is 12.7 Å². The highest BCUT2D eigenvalue weighted by Crippen LogP contribution is 2.38. The Hall–Kier alpha value is -1.34. The molecule has 0 fully saturated rings. The summed E-state index contributed by atoms with van der Waals surface area (Å²) in [6.45, 7) is 1.90. The standard InChI is InChI=1S/C11H11F3N2OS/c1-6-3-4-17-8(6)10-16-9(11(12,13)14)7(18-10)5-15-2/h3-4,15H,5H2,1-2H3. The van der Waals surface area contributed by atoms with Gasteiger partial charge in [-0.15, -0.1) is 11.3 Å². The molecule has 0 radical (unpaired) electrons. The van der Waals surface area contributed by atoms with E-state index in [0.29, 0.717) is 5.76 Å². The summed E-state index contributed by atoms with van der Waals surface area (Å²) in [5.41, 5.74) is -0.0684. The topological polar surface area (TPSA) is 38.1 Å². The molecule has 2 aromatic heterocycles. The molecule has 2 rings (SSSR count). The van der Waals surface area contributed by atoms with Crippen molar-refractivity contribution in [2.45, 2.75) is 19.6 Å². The molecular weight excluding hydrogens is 265 g/mol. The average Bonchev–Trinajstić information content (AvgIpc) is 2.83. The summed E-state index contributed by atoms with van der Waals surface area (Å²) in [5, 5.41) is 2.97. The first-order chi connectivity index (χ1) is 8.43. The Morgan fingerprint density at radius 3 is 2.67 bits per heavy atom. The molecule has 0 saturated carbocycles. The minimum Gasteiger partial charge on any atom is -0.462 e. The SMILES string of the molecule is CNCc1sc(-c2occc2C)nc1C(F)(F)F. The van der Waals surface area contributed by atoms with Gasteiger partial charge in [0.25, 0.3) is 0 Å². The maximum atomic E-state index is 12.8. The number of hydrogen-bond acceptors (Lipinski definition) is 4. The quantitative estimate of drug-likeness (QED) is 0.933. The Morgan fingerprint density at radius 2 is 2.17 bits per heavy atom. The summed E-state index contributed by atoms with van der Waals surface area (Å²) in [7, 11) is 1.59. The lowest BCUT2D eigenvalue weighted by Crippen LogP contribution is -2.12. The third-order valence-electron chi connectivity index (χ3n) is 2.36. The molecule has 2 aromatic rings. The fraction of sp³-hybridized carbons (Fsp3) is 0.364. The van der Waals surface area contributed by atoms with Crippen LogP contribution in [0.3, 0.4) is 0 Å². The molecule has 0 aliphatic carbocycles. The van der Waals surface area contributed by atoms with E-state index in [0.717, 1.165) is 16.9 Å². The van der Waals surface area contributed by atoms with Crippen molar-refractivity contribution in [1.82, 2.24) is 10.3 Å². The second-order valence-corrected chi connectivity index (χ2v) is 4.84. The van der Waals surface area contributed by atoms with Gasteiger partial charge in [-0.05, 0) is 25.6 Å². The number of rotatable bonds is 3. The van der Waals surface area contributed by atoms with Crippen LogP contribution in [-0.4, -0.2) is 12.0 Å². The molecule has 0 atom stereocenters. The first kappa shape index (κ1) is 13.1. The summed E-state index contributed by atoms with van der Waals surface area (Å²) in [4.78, 5) is 3.83. The van der Waals surface area contributed by atoms with Crippen LogP contribution in [0.5, 0.6) is 0 Å². The predicted molar refractivity (Wildman–Crippen MR) is 62.3 cm³/mol. The van der Waals surface area contributed by atoms with E-state index in [1.54, 1.807) is 20.0 Å². The zero-order valence-corrected chi connectivity index (χ0v) is 10.6. The molecule has 0 amide bonds. The van der Waals surface area contributed by atoms with Crippen LogP contribution in [0.15, 0.2) is 16.7 Å². The van der Waals surface area contributed by atoms with Gasteiger partial charge in [0.05, 0.1) is 11.1 Å². The second-order valence-electron chi connectivity index (χ2n) is 3.75. The van der Waals surface area contributed by atoms with Crippen molar-refractivity contribution in [2.24, 2.45) is 0 Å². The third kappa shape index (κ3) is 2.41. The molecule has 0 bridgehead atoms. The molecule has 98 valence electrons. The Morgan fingerprint density at radius 1 is 1.44 bits per heavy atom. The molecule has 0 saturated heterocycles. The Bertz CT molecular complexity index is 545. The van der Waals surface area contributed by atoms with Crippen LogP contribution in [0, 0.1) is 6.92 Å². The normalized spacial score (nSPS) is 12.1. The van der Waals surface area contributed by atoms with E-state index in [2.05, 4.69) is 10.3 Å². The summed E-state index contributed by atoms with van der Waals surface area (Å²) >= 11 is 0.995. The van der Waals surface area contributed by atoms with Gasteiger partial charge >= 0.3 is 6.18 Å². The molecule has 0 spiro atoms. The van der Waals surface area contributed by atoms with Gasteiger partial charge in [0.15, 0.2) is 16.5 Å². The summed E-state index contributed by atoms with van der Waals surface area (Å²) in [5.74, 6) is 0.396. The Kier molecular flexibility index (Phi) is 3.45. The Labute approximate surface area is 106 Å². The van der Waals surface area contributed by atoms with Gasteiger partial charge in [-0.1, -0.05) is 0 Å². The highest BCUT2D eigenvalue weighted by Gasteiger charge is 2.37. The van der Waals surface area contributed by atoms with Crippen molar-refractivity contribution in [3.63, 3.8) is 0 Å².